The Bertz CT molecular complexity index is 2290. The number of carbonyl (C=O) groups excluding carboxylic acids is 2. The summed E-state index contributed by atoms with van der Waals surface area (Å²) in [5, 5.41) is 24.1. The van der Waals surface area contributed by atoms with E-state index in [1.54, 1.807) is 42.5 Å². The van der Waals surface area contributed by atoms with Gasteiger partial charge in [0, 0.05) is 57.8 Å². The van der Waals surface area contributed by atoms with Gasteiger partial charge < -0.3 is 39.6 Å². The predicted molar refractivity (Wildman–Crippen MR) is 166 cm³/mol. The van der Waals surface area contributed by atoms with Gasteiger partial charge in [0.05, 0.1) is 23.9 Å². The van der Waals surface area contributed by atoms with E-state index in [1.807, 2.05) is 4.98 Å². The maximum atomic E-state index is 13.8. The Kier molecular flexibility index (Phi) is 6.86. The van der Waals surface area contributed by atoms with E-state index in [-0.39, 0.29) is 40.5 Å². The van der Waals surface area contributed by atoms with E-state index in [0.29, 0.717) is 33.3 Å². The van der Waals surface area contributed by atoms with Crippen LogP contribution in [0.5, 0.6) is 11.5 Å². The molecular weight excluding hydrogens is 645 g/mol. The van der Waals surface area contributed by atoms with Crippen LogP contribution in [0.25, 0.3) is 32.8 Å². The summed E-state index contributed by atoms with van der Waals surface area (Å²) in [6.45, 7) is -0.0815. The highest BCUT2D eigenvalue weighted by Crippen LogP contribution is 2.49. The number of anilines is 2. The van der Waals surface area contributed by atoms with E-state index in [1.165, 1.54) is 18.1 Å². The molecule has 1 aliphatic heterocycles. The predicted octanol–water partition coefficient (Wildman–Crippen LogP) is 7.06. The molecule has 3 aromatic heterocycles. The van der Waals surface area contributed by atoms with Gasteiger partial charge in [-0.1, -0.05) is 0 Å². The zero-order valence-electron chi connectivity index (χ0n) is 24.1. The second kappa shape index (κ2) is 10.7. The number of carboxylic acids is 1. The van der Waals surface area contributed by atoms with Crippen molar-refractivity contribution in [1.82, 2.24) is 9.97 Å². The van der Waals surface area contributed by atoms with Crippen LogP contribution in [0, 0.1) is 0 Å². The number of halogens is 4. The van der Waals surface area contributed by atoms with Gasteiger partial charge in [-0.2, -0.15) is 13.2 Å². The molecule has 0 radical (unpaired) electrons. The molecule has 0 unspecified atom stereocenters. The number of aromatic amines is 2. The van der Waals surface area contributed by atoms with Crippen molar-refractivity contribution in [3.8, 4) is 11.5 Å². The molecule has 15 heteroatoms. The SMILES string of the molecule is COc1ccc2cc(C(=O)Nc3ccc4[nH]c(C(=O)N5C[C@@H](CCl)c6c5cc(O)c5[nH]c(C(F)(F)F)c(C(=O)O)c65)cc4c3)oc2c1. The maximum absolute atomic E-state index is 13.8. The van der Waals surface area contributed by atoms with Crippen LogP contribution in [0.15, 0.2) is 59.0 Å². The molecule has 11 nitrogen and oxygen atoms in total. The number of nitrogens with zero attached hydrogens (tertiary/aromatic N) is 1. The van der Waals surface area contributed by atoms with E-state index in [9.17, 15) is 37.8 Å². The zero-order chi connectivity index (χ0) is 33.4. The number of nitrogens with one attached hydrogen (secondary N) is 3. The number of carbonyl (C=O) groups is 3. The summed E-state index contributed by atoms with van der Waals surface area (Å²) in [4.78, 5) is 45.1. The van der Waals surface area contributed by atoms with Gasteiger partial charge in [-0.15, -0.1) is 11.6 Å². The number of aromatic nitrogens is 2. The van der Waals surface area contributed by atoms with Crippen LogP contribution in [0.2, 0.25) is 0 Å². The topological polar surface area (TPSA) is 161 Å². The van der Waals surface area contributed by atoms with Gasteiger partial charge in [0.15, 0.2) is 5.76 Å². The minimum Gasteiger partial charge on any atom is -0.506 e. The third-order valence-corrected chi connectivity index (χ3v) is 8.54. The fraction of sp³-hybridized carbons (Fsp3) is 0.156. The summed E-state index contributed by atoms with van der Waals surface area (Å²) in [7, 11) is 1.52. The summed E-state index contributed by atoms with van der Waals surface area (Å²) >= 11 is 6.19. The lowest BCUT2D eigenvalue weighted by molar-refractivity contribution is -0.141. The summed E-state index contributed by atoms with van der Waals surface area (Å²) in [5.41, 5.74) is -1.33. The minimum atomic E-state index is -5.06. The van der Waals surface area contributed by atoms with Gasteiger partial charge in [-0.25, -0.2) is 4.79 Å². The van der Waals surface area contributed by atoms with E-state index >= 15 is 0 Å². The lowest BCUT2D eigenvalue weighted by Crippen LogP contribution is -2.30. The average Bonchev–Trinajstić information content (AvgIpc) is 3.81. The first-order chi connectivity index (χ1) is 22.4. The second-order valence-electron chi connectivity index (χ2n) is 11.0. The Morgan fingerprint density at radius 2 is 1.87 bits per heavy atom. The van der Waals surface area contributed by atoms with Crippen molar-refractivity contribution in [2.45, 2.75) is 12.1 Å². The van der Waals surface area contributed by atoms with E-state index in [2.05, 4.69) is 10.3 Å². The van der Waals surface area contributed by atoms with Crippen LogP contribution in [0.1, 0.15) is 48.6 Å². The minimum absolute atomic E-state index is 0.0379. The molecule has 6 aromatic rings. The highest BCUT2D eigenvalue weighted by Gasteiger charge is 2.43. The van der Waals surface area contributed by atoms with Crippen molar-refractivity contribution < 1.29 is 46.9 Å². The molecule has 0 bridgehead atoms. The summed E-state index contributed by atoms with van der Waals surface area (Å²) in [5.74, 6) is -3.84. The molecule has 0 fully saturated rings. The summed E-state index contributed by atoms with van der Waals surface area (Å²) in [6, 6.07) is 14.3. The molecule has 0 saturated carbocycles. The smallest absolute Gasteiger partial charge is 0.432 e. The van der Waals surface area contributed by atoms with Crippen LogP contribution < -0.4 is 15.0 Å². The number of amides is 2. The quantitative estimate of drug-likeness (QED) is 0.119. The maximum Gasteiger partial charge on any atom is 0.432 e. The Morgan fingerprint density at radius 1 is 1.09 bits per heavy atom. The fourth-order valence-electron chi connectivity index (χ4n) is 6.07. The number of phenolic OH excluding ortho intramolecular Hbond substituents is 1. The van der Waals surface area contributed by atoms with Crippen molar-refractivity contribution >= 4 is 73.5 Å². The van der Waals surface area contributed by atoms with Crippen molar-refractivity contribution in [1.29, 1.82) is 0 Å². The molecule has 1 aliphatic rings. The largest absolute Gasteiger partial charge is 0.506 e. The molecular formula is C32H22ClF3N4O7. The second-order valence-corrected chi connectivity index (χ2v) is 11.3. The number of rotatable bonds is 6. The third-order valence-electron chi connectivity index (χ3n) is 8.17. The normalized spacial score (nSPS) is 14.7. The van der Waals surface area contributed by atoms with E-state index in [0.717, 1.165) is 6.07 Å². The summed E-state index contributed by atoms with van der Waals surface area (Å²) < 4.78 is 52.2. The lowest BCUT2D eigenvalue weighted by atomic mass is 9.95. The number of H-pyrrole nitrogens is 2. The average molecular weight is 667 g/mol. The summed E-state index contributed by atoms with van der Waals surface area (Å²) in [6.07, 6.45) is -5.06. The molecule has 0 saturated heterocycles. The van der Waals surface area contributed by atoms with Gasteiger partial charge in [0.1, 0.15) is 28.5 Å². The van der Waals surface area contributed by atoms with E-state index < -0.39 is 52.4 Å². The number of phenols is 1. The van der Waals surface area contributed by atoms with Crippen molar-refractivity contribution in [3.63, 3.8) is 0 Å². The Labute approximate surface area is 266 Å². The number of hydrogen-bond acceptors (Lipinski definition) is 6. The number of hydrogen-bond donors (Lipinski definition) is 5. The first kappa shape index (κ1) is 30.0. The number of methoxy groups -OCH3 is 1. The van der Waals surface area contributed by atoms with Crippen LogP contribution in [0.4, 0.5) is 24.5 Å². The van der Waals surface area contributed by atoms with Crippen LogP contribution in [-0.2, 0) is 6.18 Å². The monoisotopic (exact) mass is 666 g/mol. The molecule has 7 rings (SSSR count). The van der Waals surface area contributed by atoms with Crippen LogP contribution >= 0.6 is 11.6 Å². The Balaban J connectivity index is 1.21. The molecule has 2 amide bonds. The number of benzene rings is 3. The first-order valence-corrected chi connectivity index (χ1v) is 14.5. The number of carboxylic acid groups (broad SMARTS) is 1. The number of ether oxygens (including phenoxy) is 1. The number of furan rings is 1. The van der Waals surface area contributed by atoms with Crippen molar-refractivity contribution in [2.24, 2.45) is 0 Å². The molecule has 5 N–H and O–H groups in total. The first-order valence-electron chi connectivity index (χ1n) is 14.0. The Morgan fingerprint density at radius 3 is 2.57 bits per heavy atom. The lowest BCUT2D eigenvalue weighted by Gasteiger charge is -2.17. The Hall–Kier alpha value is -5.63. The molecule has 240 valence electrons. The van der Waals surface area contributed by atoms with Gasteiger partial charge in [0.25, 0.3) is 11.8 Å². The van der Waals surface area contributed by atoms with Gasteiger partial charge in [-0.05, 0) is 48.0 Å². The molecule has 1 atom stereocenters. The van der Waals surface area contributed by atoms with Gasteiger partial charge in [-0.3, -0.25) is 9.59 Å². The highest BCUT2D eigenvalue weighted by atomic mass is 35.5. The molecule has 0 spiro atoms. The van der Waals surface area contributed by atoms with Crippen LogP contribution in [-0.4, -0.2) is 57.5 Å². The molecule has 47 heavy (non-hydrogen) atoms. The number of aromatic hydroxyl groups is 1. The standard InChI is InChI=1S/C32H22ClF3N4O7/c1-46-17-4-2-13-8-23(47-22(13)9-17)29(42)37-16-3-5-18-14(6-16)7-19(38-18)30(43)40-12-15(11-33)24-20(40)10-21(41)27-25(24)26(31(44)45)28(39-27)32(34,35)36/h2-10,15,38-39,41H,11-12H2,1H3,(H,37,42)(H,44,45)/t15-/m1/s1. The van der Waals surface area contributed by atoms with Gasteiger partial charge in [0.2, 0.25) is 0 Å². The van der Waals surface area contributed by atoms with Crippen LogP contribution in [0.3, 0.4) is 0 Å². The number of aromatic carboxylic acids is 1. The van der Waals surface area contributed by atoms with E-state index in [4.69, 9.17) is 20.8 Å². The van der Waals surface area contributed by atoms with Gasteiger partial charge >= 0.3 is 12.1 Å². The number of fused-ring (bicyclic) bond motifs is 5. The molecule has 3 aromatic carbocycles. The molecule has 0 aliphatic carbocycles. The highest BCUT2D eigenvalue weighted by molar-refractivity contribution is 6.20. The molecule has 4 heterocycles. The zero-order valence-corrected chi connectivity index (χ0v) is 24.8. The van der Waals surface area contributed by atoms with Crippen molar-refractivity contribution in [2.75, 3.05) is 29.8 Å². The fourth-order valence-corrected chi connectivity index (χ4v) is 6.33. The third kappa shape index (κ3) is 4.88. The van der Waals surface area contributed by atoms with Crippen molar-refractivity contribution in [3.05, 3.63) is 82.9 Å². The number of alkyl halides is 4.